The number of ether oxygens (including phenoxy) is 1. The maximum absolute atomic E-state index is 13.2. The number of aliphatic hydroxyl groups is 1. The van der Waals surface area contributed by atoms with Gasteiger partial charge in [-0.2, -0.15) is 0 Å². The maximum Gasteiger partial charge on any atom is 0.338 e. The van der Waals surface area contributed by atoms with E-state index in [1.165, 1.54) is 23.1 Å². The second-order valence-corrected chi connectivity index (χ2v) is 7.97. The molecule has 1 heterocycles. The zero-order valence-electron chi connectivity index (χ0n) is 18.1. The van der Waals surface area contributed by atoms with Crippen molar-refractivity contribution in [2.24, 2.45) is 0 Å². The molecule has 0 saturated carbocycles. The van der Waals surface area contributed by atoms with Crippen LogP contribution >= 0.6 is 11.6 Å². The Bertz CT molecular complexity index is 1300. The van der Waals surface area contributed by atoms with Gasteiger partial charge in [0.2, 0.25) is 0 Å². The summed E-state index contributed by atoms with van der Waals surface area (Å²) in [5.74, 6) is -2.68. The molecular formula is C26H20ClNO6. The highest BCUT2D eigenvalue weighted by atomic mass is 35.5. The molecule has 1 aliphatic heterocycles. The van der Waals surface area contributed by atoms with Gasteiger partial charge in [0, 0.05) is 16.3 Å². The summed E-state index contributed by atoms with van der Waals surface area (Å²) in [7, 11) is 0. The zero-order chi connectivity index (χ0) is 24.4. The van der Waals surface area contributed by atoms with Crippen LogP contribution in [0.4, 0.5) is 5.69 Å². The van der Waals surface area contributed by atoms with Crippen molar-refractivity contribution in [1.29, 1.82) is 0 Å². The second-order valence-electron chi connectivity index (χ2n) is 7.54. The van der Waals surface area contributed by atoms with Crippen LogP contribution in [0.3, 0.4) is 0 Å². The number of esters is 1. The fourth-order valence-corrected chi connectivity index (χ4v) is 3.96. The average Bonchev–Trinajstić information content (AvgIpc) is 3.10. The molecule has 2 N–H and O–H groups in total. The van der Waals surface area contributed by atoms with Gasteiger partial charge in [-0.25, -0.2) is 4.79 Å². The third kappa shape index (κ3) is 4.25. The van der Waals surface area contributed by atoms with Crippen molar-refractivity contribution in [2.45, 2.75) is 13.0 Å². The van der Waals surface area contributed by atoms with Crippen molar-refractivity contribution >= 4 is 40.7 Å². The Hall–Kier alpha value is -4.10. The number of hydrogen-bond donors (Lipinski definition) is 2. The maximum atomic E-state index is 13.2. The molecule has 8 heteroatoms. The van der Waals surface area contributed by atoms with Crippen LogP contribution in [-0.2, 0) is 14.3 Å². The van der Waals surface area contributed by atoms with Crippen LogP contribution < -0.4 is 4.90 Å². The topological polar surface area (TPSA) is 104 Å². The van der Waals surface area contributed by atoms with Gasteiger partial charge in [-0.1, -0.05) is 29.8 Å². The van der Waals surface area contributed by atoms with E-state index in [9.17, 15) is 24.6 Å². The molecule has 0 spiro atoms. The number of phenols is 1. The van der Waals surface area contributed by atoms with Crippen LogP contribution in [-0.4, -0.2) is 34.5 Å². The minimum Gasteiger partial charge on any atom is -0.508 e. The van der Waals surface area contributed by atoms with Gasteiger partial charge in [-0.15, -0.1) is 0 Å². The molecule has 1 amide bonds. The molecule has 172 valence electrons. The van der Waals surface area contributed by atoms with Gasteiger partial charge in [-0.05, 0) is 67.1 Å². The molecule has 4 rings (SSSR count). The number of carbonyl (C=O) groups is 3. The highest BCUT2D eigenvalue weighted by Gasteiger charge is 2.47. The fraction of sp³-hybridized carbons (Fsp3) is 0.115. The van der Waals surface area contributed by atoms with Crippen molar-refractivity contribution < 1.29 is 29.3 Å². The molecule has 3 aromatic carbocycles. The van der Waals surface area contributed by atoms with Gasteiger partial charge in [0.15, 0.2) is 0 Å². The van der Waals surface area contributed by atoms with E-state index < -0.39 is 23.7 Å². The number of phenolic OH excluding ortho intramolecular Hbond substituents is 1. The predicted octanol–water partition coefficient (Wildman–Crippen LogP) is 4.85. The number of amides is 1. The van der Waals surface area contributed by atoms with Crippen LogP contribution in [0, 0.1) is 0 Å². The number of carbonyl (C=O) groups excluding carboxylic acids is 3. The smallest absolute Gasteiger partial charge is 0.338 e. The summed E-state index contributed by atoms with van der Waals surface area (Å²) < 4.78 is 5.05. The van der Waals surface area contributed by atoms with E-state index in [2.05, 4.69) is 0 Å². The summed E-state index contributed by atoms with van der Waals surface area (Å²) in [6.07, 6.45) is 0. The van der Waals surface area contributed by atoms with Crippen LogP contribution in [0.1, 0.15) is 34.5 Å². The van der Waals surface area contributed by atoms with E-state index in [0.29, 0.717) is 16.1 Å². The van der Waals surface area contributed by atoms with Gasteiger partial charge in [-0.3, -0.25) is 14.5 Å². The number of ketones is 1. The Labute approximate surface area is 200 Å². The molecule has 0 radical (unpaired) electrons. The molecule has 1 saturated heterocycles. The molecule has 1 fully saturated rings. The molecule has 1 unspecified atom stereocenters. The first-order valence-electron chi connectivity index (χ1n) is 10.4. The summed E-state index contributed by atoms with van der Waals surface area (Å²) >= 11 is 5.94. The van der Waals surface area contributed by atoms with Crippen molar-refractivity contribution in [1.82, 2.24) is 0 Å². The first-order chi connectivity index (χ1) is 16.3. The lowest BCUT2D eigenvalue weighted by atomic mass is 9.95. The van der Waals surface area contributed by atoms with Gasteiger partial charge < -0.3 is 14.9 Å². The van der Waals surface area contributed by atoms with Crippen molar-refractivity contribution in [3.63, 3.8) is 0 Å². The summed E-state index contributed by atoms with van der Waals surface area (Å²) in [6, 6.07) is 17.3. The Morgan fingerprint density at radius 1 is 1.00 bits per heavy atom. The van der Waals surface area contributed by atoms with Crippen molar-refractivity contribution in [3.05, 3.63) is 100 Å². The predicted molar refractivity (Wildman–Crippen MR) is 127 cm³/mol. The summed E-state index contributed by atoms with van der Waals surface area (Å²) in [5.41, 5.74) is 1.16. The number of Topliss-reactive ketones (excluding diaryl/α,β-unsaturated/α-hetero) is 1. The monoisotopic (exact) mass is 477 g/mol. The molecule has 1 aliphatic rings. The second kappa shape index (κ2) is 9.41. The summed E-state index contributed by atoms with van der Waals surface area (Å²) in [4.78, 5) is 39.8. The van der Waals surface area contributed by atoms with Crippen molar-refractivity contribution in [2.75, 3.05) is 11.5 Å². The van der Waals surface area contributed by atoms with Crippen LogP contribution in [0.5, 0.6) is 5.75 Å². The molecule has 3 aromatic rings. The van der Waals surface area contributed by atoms with E-state index in [4.69, 9.17) is 16.3 Å². The normalized spacial score (nSPS) is 17.1. The number of hydrogen-bond acceptors (Lipinski definition) is 6. The molecule has 7 nitrogen and oxygen atoms in total. The molecule has 0 aliphatic carbocycles. The largest absolute Gasteiger partial charge is 0.508 e. The third-order valence-electron chi connectivity index (χ3n) is 5.41. The SMILES string of the molecule is CCOC(=O)c1cccc(N2C(=O)C(=O)/C(=C(/O)c3ccc(Cl)cc3)C2c2ccc(O)cc2)c1. The number of aliphatic hydroxyl groups excluding tert-OH is 1. The number of benzene rings is 3. The Kier molecular flexibility index (Phi) is 6.38. The highest BCUT2D eigenvalue weighted by molar-refractivity contribution is 6.51. The van der Waals surface area contributed by atoms with E-state index in [1.807, 2.05) is 0 Å². The van der Waals surface area contributed by atoms with Gasteiger partial charge >= 0.3 is 5.97 Å². The van der Waals surface area contributed by atoms with Crippen LogP contribution in [0.2, 0.25) is 5.02 Å². The minimum absolute atomic E-state index is 0.00251. The number of aromatic hydroxyl groups is 1. The summed E-state index contributed by atoms with van der Waals surface area (Å²) in [6.45, 7) is 1.87. The molecule has 0 bridgehead atoms. The van der Waals surface area contributed by atoms with E-state index in [-0.39, 0.29) is 34.9 Å². The van der Waals surface area contributed by atoms with Gasteiger partial charge in [0.05, 0.1) is 23.8 Å². The fourth-order valence-electron chi connectivity index (χ4n) is 3.83. The minimum atomic E-state index is -1.01. The standard InChI is InChI=1S/C26H20ClNO6/c1-2-34-26(33)17-4-3-5-19(14-17)28-22(15-8-12-20(29)13-9-15)21(24(31)25(28)32)23(30)16-6-10-18(27)11-7-16/h3-14,22,29-30H,2H2,1H3/b23-21+. The quantitative estimate of drug-likeness (QED) is 0.235. The third-order valence-corrected chi connectivity index (χ3v) is 5.66. The average molecular weight is 478 g/mol. The number of anilines is 1. The first kappa shape index (κ1) is 23.1. The first-order valence-corrected chi connectivity index (χ1v) is 10.8. The van der Waals surface area contributed by atoms with E-state index in [1.54, 1.807) is 61.5 Å². The van der Waals surface area contributed by atoms with Gasteiger partial charge in [0.1, 0.15) is 11.5 Å². The lowest BCUT2D eigenvalue weighted by Crippen LogP contribution is -2.29. The zero-order valence-corrected chi connectivity index (χ0v) is 18.8. The Balaban J connectivity index is 1.90. The Morgan fingerprint density at radius 2 is 1.68 bits per heavy atom. The molecular weight excluding hydrogens is 458 g/mol. The number of halogens is 1. The lowest BCUT2D eigenvalue weighted by molar-refractivity contribution is -0.132. The van der Waals surface area contributed by atoms with Crippen molar-refractivity contribution in [3.8, 4) is 5.75 Å². The molecule has 34 heavy (non-hydrogen) atoms. The Morgan fingerprint density at radius 3 is 2.32 bits per heavy atom. The van der Waals surface area contributed by atoms with Gasteiger partial charge in [0.25, 0.3) is 11.7 Å². The van der Waals surface area contributed by atoms with E-state index in [0.717, 1.165) is 0 Å². The van der Waals surface area contributed by atoms with Crippen LogP contribution in [0.25, 0.3) is 5.76 Å². The van der Waals surface area contributed by atoms with Crippen LogP contribution in [0.15, 0.2) is 78.4 Å². The summed E-state index contributed by atoms with van der Waals surface area (Å²) in [5, 5.41) is 21.3. The number of nitrogens with zero attached hydrogens (tertiary/aromatic N) is 1. The highest BCUT2D eigenvalue weighted by Crippen LogP contribution is 2.42. The number of rotatable bonds is 5. The lowest BCUT2D eigenvalue weighted by Gasteiger charge is -2.25. The molecule has 0 aromatic heterocycles. The molecule has 1 atom stereocenters. The van der Waals surface area contributed by atoms with E-state index >= 15 is 0 Å².